The fourth-order valence-electron chi connectivity index (χ4n) is 2.36. The van der Waals surface area contributed by atoms with Crippen molar-refractivity contribution in [2.75, 3.05) is 5.32 Å². The van der Waals surface area contributed by atoms with Gasteiger partial charge in [-0.2, -0.15) is 0 Å². The molecule has 6 heteroatoms. The topological polar surface area (TPSA) is 75.1 Å². The second kappa shape index (κ2) is 6.71. The van der Waals surface area contributed by atoms with Gasteiger partial charge in [-0.25, -0.2) is 4.79 Å². The molecule has 0 aliphatic carbocycles. The first kappa shape index (κ1) is 15.4. The van der Waals surface area contributed by atoms with Crippen molar-refractivity contribution in [2.24, 2.45) is 0 Å². The van der Waals surface area contributed by atoms with Crippen LogP contribution in [0.5, 0.6) is 0 Å². The number of fused-ring (bicyclic) bond motifs is 1. The molecule has 2 aromatic carbocycles. The number of carbonyl (C=O) groups is 1. The van der Waals surface area contributed by atoms with Crippen LogP contribution in [0, 0.1) is 0 Å². The Morgan fingerprint density at radius 1 is 1.17 bits per heavy atom. The van der Waals surface area contributed by atoms with E-state index in [1.54, 1.807) is 18.2 Å². The number of anilines is 1. The Labute approximate surface area is 137 Å². The molecule has 0 fully saturated rings. The van der Waals surface area contributed by atoms with Crippen molar-refractivity contribution >= 4 is 34.3 Å². The number of aryl methyl sites for hydroxylation is 1. The van der Waals surface area contributed by atoms with Gasteiger partial charge < -0.3 is 9.73 Å². The monoisotopic (exact) mass is 330 g/mol. The molecule has 5 nitrogen and oxygen atoms in total. The number of oxazole rings is 1. The summed E-state index contributed by atoms with van der Waals surface area (Å²) < 4.78 is 4.92. The first-order chi connectivity index (χ1) is 11.1. The Morgan fingerprint density at radius 3 is 2.74 bits per heavy atom. The zero-order valence-corrected chi connectivity index (χ0v) is 13.0. The summed E-state index contributed by atoms with van der Waals surface area (Å²) in [7, 11) is 0. The smallest absolute Gasteiger partial charge is 0.408 e. The number of H-pyrrole nitrogens is 1. The molecule has 0 bridgehead atoms. The molecule has 1 aromatic heterocycles. The Bertz CT molecular complexity index is 881. The van der Waals surface area contributed by atoms with Crippen LogP contribution in [-0.4, -0.2) is 10.9 Å². The molecule has 3 aromatic rings. The number of hydrogen-bond acceptors (Lipinski definition) is 3. The van der Waals surface area contributed by atoms with Gasteiger partial charge in [-0.3, -0.25) is 9.78 Å². The highest BCUT2D eigenvalue weighted by Crippen LogP contribution is 2.17. The van der Waals surface area contributed by atoms with E-state index in [-0.39, 0.29) is 5.91 Å². The molecule has 3 rings (SSSR count). The summed E-state index contributed by atoms with van der Waals surface area (Å²) >= 11 is 5.84. The summed E-state index contributed by atoms with van der Waals surface area (Å²) in [5.74, 6) is -0.574. The molecule has 0 radical (unpaired) electrons. The Kier molecular flexibility index (Phi) is 4.48. The lowest BCUT2D eigenvalue weighted by atomic mass is 10.1. The number of hydrogen-bond donors (Lipinski definition) is 2. The first-order valence-electron chi connectivity index (χ1n) is 7.27. The number of rotatable bonds is 5. The second-order valence-corrected chi connectivity index (χ2v) is 5.69. The minimum atomic E-state index is -0.508. The zero-order chi connectivity index (χ0) is 16.2. The molecule has 0 aliphatic rings. The first-order valence-corrected chi connectivity index (χ1v) is 7.65. The molecule has 118 valence electrons. The third-order valence-corrected chi connectivity index (χ3v) is 3.74. The van der Waals surface area contributed by atoms with E-state index >= 15 is 0 Å². The van der Waals surface area contributed by atoms with Gasteiger partial charge in [-0.15, -0.1) is 0 Å². The van der Waals surface area contributed by atoms with Crippen molar-refractivity contribution in [3.05, 3.63) is 63.6 Å². The van der Waals surface area contributed by atoms with Gasteiger partial charge in [0.1, 0.15) is 0 Å². The van der Waals surface area contributed by atoms with E-state index in [1.165, 1.54) is 0 Å². The van der Waals surface area contributed by atoms with Crippen LogP contribution in [0.4, 0.5) is 5.69 Å². The number of amides is 1. The summed E-state index contributed by atoms with van der Waals surface area (Å²) in [5, 5.41) is 3.52. The lowest BCUT2D eigenvalue weighted by Crippen LogP contribution is -2.11. The maximum Gasteiger partial charge on any atom is 0.417 e. The summed E-state index contributed by atoms with van der Waals surface area (Å²) in [6.45, 7) is 0. The molecule has 1 amide bonds. The lowest BCUT2D eigenvalue weighted by molar-refractivity contribution is -0.116. The summed E-state index contributed by atoms with van der Waals surface area (Å²) in [4.78, 5) is 25.6. The van der Waals surface area contributed by atoms with Crippen LogP contribution in [-0.2, 0) is 11.2 Å². The molecule has 0 spiro atoms. The number of aromatic amines is 1. The minimum absolute atomic E-state index is 0.0656. The fraction of sp³-hybridized carbons (Fsp3) is 0.176. The highest BCUT2D eigenvalue weighted by Gasteiger charge is 2.06. The number of nitrogens with one attached hydrogen (secondary N) is 2. The zero-order valence-electron chi connectivity index (χ0n) is 12.3. The summed E-state index contributed by atoms with van der Waals surface area (Å²) in [6.07, 6.45) is 1.99. The van der Waals surface area contributed by atoms with Gasteiger partial charge in [-0.05, 0) is 48.7 Å². The van der Waals surface area contributed by atoms with Crippen LogP contribution in [0.15, 0.2) is 51.7 Å². The number of carbonyl (C=O) groups excluding carboxylic acids is 1. The molecule has 0 unspecified atom stereocenters. The van der Waals surface area contributed by atoms with Crippen LogP contribution in [0.1, 0.15) is 18.4 Å². The van der Waals surface area contributed by atoms with Crippen LogP contribution in [0.2, 0.25) is 5.02 Å². The number of aromatic nitrogens is 1. The molecule has 2 N–H and O–H groups in total. The SMILES string of the molecule is O=C(CCCc1ccc(Cl)cc1)Nc1ccc2oc(=O)[nH]c2c1. The Hall–Kier alpha value is -2.53. The van der Waals surface area contributed by atoms with Gasteiger partial charge in [-0.1, -0.05) is 23.7 Å². The molecule has 0 aliphatic heterocycles. The molecule has 23 heavy (non-hydrogen) atoms. The van der Waals surface area contributed by atoms with Gasteiger partial charge in [0.15, 0.2) is 5.58 Å². The average molecular weight is 331 g/mol. The lowest BCUT2D eigenvalue weighted by Gasteiger charge is -2.05. The quantitative estimate of drug-likeness (QED) is 0.748. The Morgan fingerprint density at radius 2 is 1.96 bits per heavy atom. The van der Waals surface area contributed by atoms with Gasteiger partial charge in [0, 0.05) is 17.1 Å². The van der Waals surface area contributed by atoms with Crippen molar-refractivity contribution in [2.45, 2.75) is 19.3 Å². The van der Waals surface area contributed by atoms with E-state index in [4.69, 9.17) is 16.0 Å². The second-order valence-electron chi connectivity index (χ2n) is 5.25. The third kappa shape index (κ3) is 4.02. The summed E-state index contributed by atoms with van der Waals surface area (Å²) in [5.41, 5.74) is 2.82. The van der Waals surface area contributed by atoms with Crippen LogP contribution >= 0.6 is 11.6 Å². The number of benzene rings is 2. The highest BCUT2D eigenvalue weighted by atomic mass is 35.5. The van der Waals surface area contributed by atoms with E-state index in [2.05, 4.69) is 10.3 Å². The number of halogens is 1. The molecule has 1 heterocycles. The van der Waals surface area contributed by atoms with Crippen LogP contribution < -0.4 is 11.1 Å². The Balaban J connectivity index is 1.53. The van der Waals surface area contributed by atoms with Crippen LogP contribution in [0.3, 0.4) is 0 Å². The minimum Gasteiger partial charge on any atom is -0.408 e. The normalized spacial score (nSPS) is 10.8. The average Bonchev–Trinajstić information content (AvgIpc) is 2.88. The van der Waals surface area contributed by atoms with E-state index < -0.39 is 5.76 Å². The predicted octanol–water partition coefficient (Wildman–Crippen LogP) is 3.74. The summed E-state index contributed by atoms with van der Waals surface area (Å²) in [6, 6.07) is 12.6. The van der Waals surface area contributed by atoms with Gasteiger partial charge >= 0.3 is 5.76 Å². The highest BCUT2D eigenvalue weighted by molar-refractivity contribution is 6.30. The molecular formula is C17H15ClN2O3. The third-order valence-electron chi connectivity index (χ3n) is 3.49. The van der Waals surface area contributed by atoms with Crippen molar-refractivity contribution in [1.82, 2.24) is 4.98 Å². The molecule has 0 saturated heterocycles. The maximum atomic E-state index is 12.0. The predicted molar refractivity (Wildman–Crippen MR) is 89.9 cm³/mol. The van der Waals surface area contributed by atoms with E-state index in [0.29, 0.717) is 28.2 Å². The maximum absolute atomic E-state index is 12.0. The van der Waals surface area contributed by atoms with Gasteiger partial charge in [0.2, 0.25) is 5.91 Å². The van der Waals surface area contributed by atoms with Gasteiger partial charge in [0.05, 0.1) is 5.52 Å². The molecule has 0 saturated carbocycles. The van der Waals surface area contributed by atoms with E-state index in [9.17, 15) is 9.59 Å². The van der Waals surface area contributed by atoms with Crippen LogP contribution in [0.25, 0.3) is 11.1 Å². The van der Waals surface area contributed by atoms with Crippen molar-refractivity contribution < 1.29 is 9.21 Å². The fourth-order valence-corrected chi connectivity index (χ4v) is 2.48. The largest absolute Gasteiger partial charge is 0.417 e. The van der Waals surface area contributed by atoms with Crippen molar-refractivity contribution in [3.63, 3.8) is 0 Å². The molecule has 0 atom stereocenters. The standard InChI is InChI=1S/C17H15ClN2O3/c18-12-6-4-11(5-7-12)2-1-3-16(21)19-13-8-9-15-14(10-13)20-17(22)23-15/h4-10H,1-3H2,(H,19,21)(H,20,22). The van der Waals surface area contributed by atoms with E-state index in [0.717, 1.165) is 18.4 Å². The van der Waals surface area contributed by atoms with Crippen molar-refractivity contribution in [3.8, 4) is 0 Å². The molecular weight excluding hydrogens is 316 g/mol. The van der Waals surface area contributed by atoms with Crippen molar-refractivity contribution in [1.29, 1.82) is 0 Å². The van der Waals surface area contributed by atoms with Gasteiger partial charge in [0.25, 0.3) is 0 Å². The van der Waals surface area contributed by atoms with E-state index in [1.807, 2.05) is 24.3 Å².